The van der Waals surface area contributed by atoms with Crippen LogP contribution >= 0.6 is 0 Å². The van der Waals surface area contributed by atoms with Crippen LogP contribution in [0.2, 0.25) is 0 Å². The summed E-state index contributed by atoms with van der Waals surface area (Å²) in [6.45, 7) is 7.03. The topological polar surface area (TPSA) is 63.9 Å². The number of rotatable bonds is 6. The van der Waals surface area contributed by atoms with Crippen molar-refractivity contribution in [2.24, 2.45) is 7.05 Å². The van der Waals surface area contributed by atoms with Crippen molar-refractivity contribution >= 4 is 16.9 Å². The van der Waals surface area contributed by atoms with Crippen molar-refractivity contribution in [3.63, 3.8) is 0 Å². The lowest BCUT2D eigenvalue weighted by molar-refractivity contribution is 0.0322. The van der Waals surface area contributed by atoms with E-state index in [-0.39, 0.29) is 0 Å². The zero-order valence-electron chi connectivity index (χ0n) is 14.2. The zero-order valence-corrected chi connectivity index (χ0v) is 14.2. The Kier molecular flexibility index (Phi) is 5.06. The molecule has 1 aromatic heterocycles. The number of aromatic carboxylic acids is 1. The van der Waals surface area contributed by atoms with E-state index in [0.717, 1.165) is 61.5 Å². The van der Waals surface area contributed by atoms with Crippen LogP contribution in [0, 0.1) is 0 Å². The van der Waals surface area contributed by atoms with Gasteiger partial charge in [0.1, 0.15) is 18.1 Å². The number of hydrogen-bond donors (Lipinski definition) is 1. The lowest BCUT2D eigenvalue weighted by atomic mass is 10.1. The Morgan fingerprint density at radius 1 is 1.29 bits per heavy atom. The maximum atomic E-state index is 11.4. The Labute approximate surface area is 141 Å². The van der Waals surface area contributed by atoms with Crippen molar-refractivity contribution in [3.05, 3.63) is 29.5 Å². The normalized spacial score (nSPS) is 15.8. The van der Waals surface area contributed by atoms with E-state index in [1.807, 2.05) is 12.1 Å². The first kappa shape index (κ1) is 16.8. The predicted octanol–water partition coefficient (Wildman–Crippen LogP) is 2.15. The van der Waals surface area contributed by atoms with E-state index in [1.165, 1.54) is 0 Å². The monoisotopic (exact) mass is 332 g/mol. The lowest BCUT2D eigenvalue weighted by Crippen LogP contribution is -2.38. The first-order valence-corrected chi connectivity index (χ1v) is 8.38. The molecular formula is C18H24N2O4. The summed E-state index contributed by atoms with van der Waals surface area (Å²) in [5.74, 6) is -0.110. The number of hydrogen-bond acceptors (Lipinski definition) is 4. The summed E-state index contributed by atoms with van der Waals surface area (Å²) < 4.78 is 13.0. The van der Waals surface area contributed by atoms with Crippen LogP contribution in [0.25, 0.3) is 10.9 Å². The lowest BCUT2D eigenvalue weighted by Gasteiger charge is -2.26. The molecule has 1 aromatic carbocycles. The smallest absolute Gasteiger partial charge is 0.352 e. The van der Waals surface area contributed by atoms with Crippen LogP contribution in [0.3, 0.4) is 0 Å². The summed E-state index contributed by atoms with van der Waals surface area (Å²) >= 11 is 0. The number of carboxylic acid groups (broad SMARTS) is 1. The third kappa shape index (κ3) is 3.39. The molecule has 24 heavy (non-hydrogen) atoms. The number of ether oxygens (including phenoxy) is 2. The molecule has 3 rings (SSSR count). The average Bonchev–Trinajstić information content (AvgIpc) is 2.92. The summed E-state index contributed by atoms with van der Waals surface area (Å²) in [5.41, 5.74) is 2.37. The number of nitrogens with zero attached hydrogens (tertiary/aromatic N) is 2. The van der Waals surface area contributed by atoms with Crippen molar-refractivity contribution in [2.45, 2.75) is 13.3 Å². The summed E-state index contributed by atoms with van der Waals surface area (Å²) in [7, 11) is 1.80. The van der Waals surface area contributed by atoms with Gasteiger partial charge in [0.25, 0.3) is 0 Å². The summed E-state index contributed by atoms with van der Waals surface area (Å²) in [6.07, 6.45) is 0.827. The fourth-order valence-electron chi connectivity index (χ4n) is 3.25. The first-order valence-electron chi connectivity index (χ1n) is 8.38. The number of benzene rings is 1. The van der Waals surface area contributed by atoms with E-state index in [1.54, 1.807) is 17.7 Å². The first-order chi connectivity index (χ1) is 11.6. The van der Waals surface area contributed by atoms with Gasteiger partial charge in [0, 0.05) is 32.1 Å². The Balaban J connectivity index is 1.77. The van der Waals surface area contributed by atoms with Crippen LogP contribution in [0.5, 0.6) is 5.75 Å². The minimum atomic E-state index is -0.912. The van der Waals surface area contributed by atoms with Crippen molar-refractivity contribution < 1.29 is 19.4 Å². The minimum Gasteiger partial charge on any atom is -0.492 e. The summed E-state index contributed by atoms with van der Waals surface area (Å²) in [5, 5.41) is 10.2. The fraction of sp³-hybridized carbons (Fsp3) is 0.500. The highest BCUT2D eigenvalue weighted by Gasteiger charge is 2.16. The Hall–Kier alpha value is -2.05. The maximum Gasteiger partial charge on any atom is 0.352 e. The molecule has 0 saturated carbocycles. The van der Waals surface area contributed by atoms with Crippen molar-refractivity contribution in [2.75, 3.05) is 39.5 Å². The van der Waals surface area contributed by atoms with Crippen LogP contribution < -0.4 is 4.74 Å². The Bertz CT molecular complexity index is 732. The van der Waals surface area contributed by atoms with Crippen LogP contribution in [0.1, 0.15) is 23.0 Å². The minimum absolute atomic E-state index is 0.296. The van der Waals surface area contributed by atoms with Crippen LogP contribution in [-0.4, -0.2) is 60.0 Å². The highest BCUT2D eigenvalue weighted by molar-refractivity contribution is 5.96. The van der Waals surface area contributed by atoms with Gasteiger partial charge in [0.15, 0.2) is 0 Å². The number of aromatic nitrogens is 1. The van der Waals surface area contributed by atoms with Gasteiger partial charge >= 0.3 is 5.97 Å². The average molecular weight is 332 g/mol. The molecule has 2 aromatic rings. The molecule has 0 radical (unpaired) electrons. The SMILES string of the molecule is CCc1cc(OCCN2CCOCC2)cc2cc(C(=O)O)n(C)c12. The van der Waals surface area contributed by atoms with E-state index in [4.69, 9.17) is 9.47 Å². The number of morpholine rings is 1. The fourth-order valence-corrected chi connectivity index (χ4v) is 3.25. The molecular weight excluding hydrogens is 308 g/mol. The second kappa shape index (κ2) is 7.23. The van der Waals surface area contributed by atoms with Gasteiger partial charge in [-0.2, -0.15) is 0 Å². The van der Waals surface area contributed by atoms with Crippen LogP contribution in [0.15, 0.2) is 18.2 Å². The molecule has 6 nitrogen and oxygen atoms in total. The van der Waals surface area contributed by atoms with Crippen molar-refractivity contribution in [3.8, 4) is 5.75 Å². The molecule has 0 amide bonds. The molecule has 0 bridgehead atoms. The summed E-state index contributed by atoms with van der Waals surface area (Å²) in [4.78, 5) is 13.7. The molecule has 1 saturated heterocycles. The zero-order chi connectivity index (χ0) is 17.1. The molecule has 0 unspecified atom stereocenters. The molecule has 0 spiro atoms. The third-order valence-electron chi connectivity index (χ3n) is 4.56. The molecule has 1 aliphatic heterocycles. The number of carboxylic acids is 1. The predicted molar refractivity (Wildman–Crippen MR) is 92.0 cm³/mol. The molecule has 1 N–H and O–H groups in total. The largest absolute Gasteiger partial charge is 0.492 e. The molecule has 1 aliphatic rings. The van der Waals surface area contributed by atoms with Crippen molar-refractivity contribution in [1.29, 1.82) is 0 Å². The van der Waals surface area contributed by atoms with Crippen LogP contribution in [0.4, 0.5) is 0 Å². The van der Waals surface area contributed by atoms with E-state index < -0.39 is 5.97 Å². The van der Waals surface area contributed by atoms with Gasteiger partial charge in [-0.3, -0.25) is 4.90 Å². The Morgan fingerprint density at radius 3 is 2.71 bits per heavy atom. The highest BCUT2D eigenvalue weighted by Crippen LogP contribution is 2.28. The molecule has 2 heterocycles. The number of aryl methyl sites for hydroxylation is 2. The molecule has 6 heteroatoms. The summed E-state index contributed by atoms with van der Waals surface area (Å²) in [6, 6.07) is 5.67. The molecule has 0 atom stereocenters. The molecule has 130 valence electrons. The second-order valence-electron chi connectivity index (χ2n) is 6.07. The highest BCUT2D eigenvalue weighted by atomic mass is 16.5. The second-order valence-corrected chi connectivity index (χ2v) is 6.07. The van der Waals surface area contributed by atoms with E-state index in [0.29, 0.717) is 12.3 Å². The van der Waals surface area contributed by atoms with E-state index in [2.05, 4.69) is 11.8 Å². The van der Waals surface area contributed by atoms with Gasteiger partial charge in [-0.25, -0.2) is 4.79 Å². The molecule has 0 aliphatic carbocycles. The van der Waals surface area contributed by atoms with Crippen LogP contribution in [-0.2, 0) is 18.2 Å². The van der Waals surface area contributed by atoms with Crippen molar-refractivity contribution in [1.82, 2.24) is 9.47 Å². The van der Waals surface area contributed by atoms with Gasteiger partial charge in [-0.1, -0.05) is 6.92 Å². The van der Waals surface area contributed by atoms with Gasteiger partial charge in [-0.15, -0.1) is 0 Å². The van der Waals surface area contributed by atoms with Gasteiger partial charge < -0.3 is 19.1 Å². The number of fused-ring (bicyclic) bond motifs is 1. The van der Waals surface area contributed by atoms with Gasteiger partial charge in [0.2, 0.25) is 0 Å². The molecule has 1 fully saturated rings. The third-order valence-corrected chi connectivity index (χ3v) is 4.56. The maximum absolute atomic E-state index is 11.4. The standard InChI is InChI=1S/C18H24N2O4/c1-3-13-10-15(24-9-6-20-4-7-23-8-5-20)11-14-12-16(18(21)22)19(2)17(13)14/h10-12H,3-9H2,1-2H3,(H,21,22). The van der Waals surface area contributed by atoms with Gasteiger partial charge in [0.05, 0.1) is 18.7 Å². The van der Waals surface area contributed by atoms with E-state index in [9.17, 15) is 9.90 Å². The Morgan fingerprint density at radius 2 is 2.04 bits per heavy atom. The number of carbonyl (C=O) groups is 1. The van der Waals surface area contributed by atoms with E-state index >= 15 is 0 Å². The van der Waals surface area contributed by atoms with Gasteiger partial charge in [-0.05, 0) is 30.2 Å². The quantitative estimate of drug-likeness (QED) is 0.878.